The maximum atomic E-state index is 13.3. The number of pyridine rings is 1. The molecular weight excluding hydrogens is 407 g/mol. The number of hydrogen-bond acceptors (Lipinski definition) is 4. The van der Waals surface area contributed by atoms with Crippen molar-refractivity contribution in [3.05, 3.63) is 95.6 Å². The molecule has 4 N–H and O–H groups in total. The summed E-state index contributed by atoms with van der Waals surface area (Å²) in [6.45, 7) is 0.268. The Labute approximate surface area is 186 Å². The summed E-state index contributed by atoms with van der Waals surface area (Å²) in [6.07, 6.45) is 5.65. The van der Waals surface area contributed by atoms with Gasteiger partial charge in [-0.25, -0.2) is 4.39 Å². The Morgan fingerprint density at radius 1 is 1.00 bits per heavy atom. The molecule has 1 fully saturated rings. The van der Waals surface area contributed by atoms with E-state index in [1.54, 1.807) is 60.9 Å². The van der Waals surface area contributed by atoms with Crippen LogP contribution in [-0.2, 0) is 10.2 Å². The SMILES string of the molecule is NC(CNC(=O)C1(c2ccc(F)cc2)CCC1)c1ccc(C(=O)Nc2ccncc2)cc1. The molecule has 1 aliphatic rings. The van der Waals surface area contributed by atoms with Crippen molar-refractivity contribution in [2.45, 2.75) is 30.7 Å². The van der Waals surface area contributed by atoms with Gasteiger partial charge in [0.05, 0.1) is 5.41 Å². The minimum Gasteiger partial charge on any atom is -0.353 e. The fourth-order valence-corrected chi connectivity index (χ4v) is 3.96. The first-order valence-electron chi connectivity index (χ1n) is 10.6. The van der Waals surface area contributed by atoms with Crippen LogP contribution in [0.5, 0.6) is 0 Å². The Morgan fingerprint density at radius 3 is 2.25 bits per heavy atom. The second-order valence-electron chi connectivity index (χ2n) is 8.07. The number of halogens is 1. The predicted octanol–water partition coefficient (Wildman–Crippen LogP) is 3.71. The summed E-state index contributed by atoms with van der Waals surface area (Å²) >= 11 is 0. The number of anilines is 1. The summed E-state index contributed by atoms with van der Waals surface area (Å²) in [4.78, 5) is 29.3. The van der Waals surface area contributed by atoms with Gasteiger partial charge in [-0.05, 0) is 60.4 Å². The summed E-state index contributed by atoms with van der Waals surface area (Å²) in [5, 5.41) is 5.77. The van der Waals surface area contributed by atoms with Crippen LogP contribution >= 0.6 is 0 Å². The molecule has 0 bridgehead atoms. The van der Waals surface area contributed by atoms with Crippen LogP contribution in [0.4, 0.5) is 10.1 Å². The number of nitrogens with one attached hydrogen (secondary N) is 2. The van der Waals surface area contributed by atoms with Crippen LogP contribution in [0.25, 0.3) is 0 Å². The lowest BCUT2D eigenvalue weighted by Gasteiger charge is -2.41. The van der Waals surface area contributed by atoms with Crippen molar-refractivity contribution < 1.29 is 14.0 Å². The zero-order valence-electron chi connectivity index (χ0n) is 17.6. The minimum atomic E-state index is -0.609. The zero-order chi connectivity index (χ0) is 22.6. The van der Waals surface area contributed by atoms with Crippen LogP contribution in [-0.4, -0.2) is 23.3 Å². The molecule has 1 saturated carbocycles. The van der Waals surface area contributed by atoms with Gasteiger partial charge in [-0.15, -0.1) is 0 Å². The zero-order valence-corrected chi connectivity index (χ0v) is 17.6. The van der Waals surface area contributed by atoms with E-state index in [1.165, 1.54) is 12.1 Å². The van der Waals surface area contributed by atoms with E-state index in [1.807, 2.05) is 0 Å². The van der Waals surface area contributed by atoms with Gasteiger partial charge in [0.2, 0.25) is 5.91 Å². The number of carbonyl (C=O) groups excluding carboxylic acids is 2. The summed E-state index contributed by atoms with van der Waals surface area (Å²) in [7, 11) is 0. The lowest BCUT2D eigenvalue weighted by Crippen LogP contribution is -2.50. The highest BCUT2D eigenvalue weighted by Gasteiger charge is 2.45. The number of benzene rings is 2. The Balaban J connectivity index is 1.35. The van der Waals surface area contributed by atoms with Crippen molar-refractivity contribution in [1.82, 2.24) is 10.3 Å². The van der Waals surface area contributed by atoms with Gasteiger partial charge in [-0.1, -0.05) is 30.7 Å². The van der Waals surface area contributed by atoms with Crippen LogP contribution in [0.2, 0.25) is 0 Å². The van der Waals surface area contributed by atoms with Gasteiger partial charge in [0.1, 0.15) is 5.82 Å². The van der Waals surface area contributed by atoms with Crippen molar-refractivity contribution >= 4 is 17.5 Å². The van der Waals surface area contributed by atoms with E-state index in [2.05, 4.69) is 15.6 Å². The van der Waals surface area contributed by atoms with Crippen LogP contribution in [0.3, 0.4) is 0 Å². The molecule has 1 heterocycles. The normalized spacial score (nSPS) is 15.3. The third-order valence-electron chi connectivity index (χ3n) is 6.06. The highest BCUT2D eigenvalue weighted by molar-refractivity contribution is 6.04. The number of carbonyl (C=O) groups is 2. The summed E-state index contributed by atoms with van der Waals surface area (Å²) in [5.41, 5.74) is 8.50. The molecule has 7 heteroatoms. The molecule has 0 spiro atoms. The van der Waals surface area contributed by atoms with Crippen molar-refractivity contribution in [2.24, 2.45) is 5.73 Å². The highest BCUT2D eigenvalue weighted by atomic mass is 19.1. The van der Waals surface area contributed by atoms with Crippen LogP contribution in [0.15, 0.2) is 73.1 Å². The molecule has 4 rings (SSSR count). The van der Waals surface area contributed by atoms with Gasteiger partial charge >= 0.3 is 0 Å². The number of amides is 2. The monoisotopic (exact) mass is 432 g/mol. The average molecular weight is 432 g/mol. The Morgan fingerprint density at radius 2 is 1.66 bits per heavy atom. The van der Waals surface area contributed by atoms with E-state index in [-0.39, 0.29) is 24.2 Å². The second-order valence-corrected chi connectivity index (χ2v) is 8.07. The van der Waals surface area contributed by atoms with Crippen LogP contribution < -0.4 is 16.4 Å². The molecule has 0 radical (unpaired) electrons. The minimum absolute atomic E-state index is 0.0841. The summed E-state index contributed by atoms with van der Waals surface area (Å²) in [5.74, 6) is -0.626. The van der Waals surface area contributed by atoms with E-state index in [4.69, 9.17) is 5.73 Å². The van der Waals surface area contributed by atoms with Crippen molar-refractivity contribution in [2.75, 3.05) is 11.9 Å². The summed E-state index contributed by atoms with van der Waals surface area (Å²) in [6, 6.07) is 16.2. The lowest BCUT2D eigenvalue weighted by atomic mass is 9.64. The molecular formula is C25H25FN4O2. The van der Waals surface area contributed by atoms with Crippen LogP contribution in [0.1, 0.15) is 46.8 Å². The first kappa shape index (κ1) is 21.6. The third-order valence-corrected chi connectivity index (χ3v) is 6.06. The molecule has 1 unspecified atom stereocenters. The van der Waals surface area contributed by atoms with Crippen molar-refractivity contribution in [3.8, 4) is 0 Å². The number of nitrogens with two attached hydrogens (primary N) is 1. The maximum absolute atomic E-state index is 13.3. The molecule has 0 saturated heterocycles. The largest absolute Gasteiger partial charge is 0.353 e. The van der Waals surface area contributed by atoms with E-state index >= 15 is 0 Å². The molecule has 1 atom stereocenters. The summed E-state index contributed by atoms with van der Waals surface area (Å²) < 4.78 is 13.3. The van der Waals surface area contributed by atoms with Gasteiger partial charge in [0.25, 0.3) is 5.91 Å². The maximum Gasteiger partial charge on any atom is 0.255 e. The Bertz CT molecular complexity index is 1080. The molecule has 2 aromatic carbocycles. The van der Waals surface area contributed by atoms with Gasteiger partial charge in [0, 0.05) is 36.2 Å². The molecule has 164 valence electrons. The smallest absolute Gasteiger partial charge is 0.255 e. The molecule has 0 aliphatic heterocycles. The first-order valence-corrected chi connectivity index (χ1v) is 10.6. The van der Waals surface area contributed by atoms with Gasteiger partial charge in [-0.3, -0.25) is 14.6 Å². The first-order chi connectivity index (χ1) is 15.5. The molecule has 1 aromatic heterocycles. The molecule has 32 heavy (non-hydrogen) atoms. The molecule has 2 amide bonds. The predicted molar refractivity (Wildman–Crippen MR) is 120 cm³/mol. The standard InChI is InChI=1S/C25H25FN4O2/c26-20-8-6-19(7-9-20)25(12-1-13-25)24(32)29-16-22(27)17-2-4-18(5-3-17)23(31)30-21-10-14-28-15-11-21/h2-11,14-15,22H,1,12-13,16,27H2,(H,29,32)(H,28,30,31). The molecule has 6 nitrogen and oxygen atoms in total. The fraction of sp³-hybridized carbons (Fsp3) is 0.240. The average Bonchev–Trinajstić information content (AvgIpc) is 2.78. The van der Waals surface area contributed by atoms with E-state index in [9.17, 15) is 14.0 Å². The van der Waals surface area contributed by atoms with Crippen LogP contribution in [0, 0.1) is 5.82 Å². The number of aromatic nitrogens is 1. The van der Waals surface area contributed by atoms with Gasteiger partial charge < -0.3 is 16.4 Å². The van der Waals surface area contributed by atoms with E-state index in [0.717, 1.165) is 30.4 Å². The number of nitrogens with zero attached hydrogens (tertiary/aromatic N) is 1. The van der Waals surface area contributed by atoms with Gasteiger partial charge in [0.15, 0.2) is 0 Å². The second kappa shape index (κ2) is 9.28. The molecule has 1 aliphatic carbocycles. The van der Waals surface area contributed by atoms with Crippen molar-refractivity contribution in [1.29, 1.82) is 0 Å². The topological polar surface area (TPSA) is 97.1 Å². The lowest BCUT2D eigenvalue weighted by molar-refractivity contribution is -0.130. The number of rotatable bonds is 7. The van der Waals surface area contributed by atoms with Crippen molar-refractivity contribution in [3.63, 3.8) is 0 Å². The van der Waals surface area contributed by atoms with E-state index < -0.39 is 11.5 Å². The van der Waals surface area contributed by atoms with E-state index in [0.29, 0.717) is 11.3 Å². The Hall–Kier alpha value is -3.58. The van der Waals surface area contributed by atoms with Gasteiger partial charge in [-0.2, -0.15) is 0 Å². The third kappa shape index (κ3) is 4.53. The Kier molecular flexibility index (Phi) is 6.28. The highest BCUT2D eigenvalue weighted by Crippen LogP contribution is 2.44. The quantitative estimate of drug-likeness (QED) is 0.530. The fourth-order valence-electron chi connectivity index (χ4n) is 3.96. The molecule has 3 aromatic rings. The number of hydrogen-bond donors (Lipinski definition) is 3.